The molecule has 4 N–H and O–H groups in total. The molecule has 0 saturated carbocycles. The first kappa shape index (κ1) is 14.4. The van der Waals surface area contributed by atoms with Crippen molar-refractivity contribution < 1.29 is 9.59 Å². The lowest BCUT2D eigenvalue weighted by molar-refractivity contribution is -0.114. The lowest BCUT2D eigenvalue weighted by Crippen LogP contribution is -2.08. The summed E-state index contributed by atoms with van der Waals surface area (Å²) in [6.45, 7) is 0. The first-order valence-electron chi connectivity index (χ1n) is 6.23. The van der Waals surface area contributed by atoms with Gasteiger partial charge in [0.2, 0.25) is 11.8 Å². The number of primary amides is 2. The summed E-state index contributed by atoms with van der Waals surface area (Å²) >= 11 is 0. The van der Waals surface area contributed by atoms with Crippen LogP contribution in [0.25, 0.3) is 11.0 Å². The zero-order valence-electron chi connectivity index (χ0n) is 11.1. The van der Waals surface area contributed by atoms with Gasteiger partial charge in [-0.1, -0.05) is 24.3 Å². The third-order valence-corrected chi connectivity index (χ3v) is 2.74. The van der Waals surface area contributed by atoms with Crippen LogP contribution >= 0.6 is 0 Å². The highest BCUT2D eigenvalue weighted by Crippen LogP contribution is 2.19. The molecule has 21 heavy (non-hydrogen) atoms. The van der Waals surface area contributed by atoms with Crippen LogP contribution in [0.5, 0.6) is 0 Å². The SMILES string of the molecule is NC(=O)/C=C/C(/C=C/C(N)=O)c1cnc2ccccc2n1. The maximum absolute atomic E-state index is 10.9. The topological polar surface area (TPSA) is 112 Å². The summed E-state index contributed by atoms with van der Waals surface area (Å²) in [6, 6.07) is 7.40. The summed E-state index contributed by atoms with van der Waals surface area (Å²) < 4.78 is 0. The van der Waals surface area contributed by atoms with Crippen LogP contribution in [0.4, 0.5) is 0 Å². The molecule has 106 valence electrons. The van der Waals surface area contributed by atoms with Crippen LogP contribution in [-0.2, 0) is 9.59 Å². The molecule has 0 unspecified atom stereocenters. The smallest absolute Gasteiger partial charge is 0.241 e. The second kappa shape index (κ2) is 6.42. The largest absolute Gasteiger partial charge is 0.366 e. The standard InChI is InChI=1S/C15H14N4O2/c16-14(20)7-5-10(6-8-15(17)21)13-9-18-11-3-1-2-4-12(11)19-13/h1-10H,(H2,16,20)(H2,17,21)/b7-5+,8-6+. The Bertz CT molecular complexity index is 713. The molecule has 0 fully saturated rings. The molecule has 0 aliphatic carbocycles. The summed E-state index contributed by atoms with van der Waals surface area (Å²) in [5.74, 6) is -1.58. The van der Waals surface area contributed by atoms with Crippen LogP contribution in [0.1, 0.15) is 11.6 Å². The molecule has 0 atom stereocenters. The summed E-state index contributed by atoms with van der Waals surface area (Å²) in [4.78, 5) is 30.5. The number of rotatable bonds is 5. The molecule has 2 rings (SSSR count). The van der Waals surface area contributed by atoms with Crippen molar-refractivity contribution in [1.29, 1.82) is 0 Å². The number of fused-ring (bicyclic) bond motifs is 1. The monoisotopic (exact) mass is 282 g/mol. The fourth-order valence-electron chi connectivity index (χ4n) is 1.79. The van der Waals surface area contributed by atoms with E-state index in [9.17, 15) is 9.59 Å². The van der Waals surface area contributed by atoms with Gasteiger partial charge in [-0.3, -0.25) is 14.6 Å². The molecule has 6 heteroatoms. The number of benzene rings is 1. The van der Waals surface area contributed by atoms with E-state index in [2.05, 4.69) is 9.97 Å². The van der Waals surface area contributed by atoms with Crippen molar-refractivity contribution in [2.45, 2.75) is 5.92 Å². The van der Waals surface area contributed by atoms with Crippen LogP contribution < -0.4 is 11.5 Å². The van der Waals surface area contributed by atoms with E-state index in [1.54, 1.807) is 18.3 Å². The number of carbonyl (C=O) groups is 2. The Morgan fingerprint density at radius 3 is 2.14 bits per heavy atom. The van der Waals surface area contributed by atoms with Crippen molar-refractivity contribution in [3.05, 3.63) is 60.5 Å². The maximum Gasteiger partial charge on any atom is 0.241 e. The number of hydrogen-bond donors (Lipinski definition) is 2. The van der Waals surface area contributed by atoms with Crippen molar-refractivity contribution in [2.75, 3.05) is 0 Å². The minimum Gasteiger partial charge on any atom is -0.366 e. The molecule has 0 radical (unpaired) electrons. The molecule has 0 bridgehead atoms. The van der Waals surface area contributed by atoms with E-state index in [1.165, 1.54) is 12.2 Å². The highest BCUT2D eigenvalue weighted by atomic mass is 16.1. The Labute approximate surface area is 121 Å². The minimum atomic E-state index is -0.582. The van der Waals surface area contributed by atoms with Gasteiger partial charge in [-0.2, -0.15) is 0 Å². The highest BCUT2D eigenvalue weighted by Gasteiger charge is 2.09. The molecule has 2 aromatic rings. The van der Waals surface area contributed by atoms with E-state index in [1.807, 2.05) is 24.3 Å². The third-order valence-electron chi connectivity index (χ3n) is 2.74. The zero-order valence-corrected chi connectivity index (χ0v) is 11.1. The van der Waals surface area contributed by atoms with E-state index in [-0.39, 0.29) is 0 Å². The van der Waals surface area contributed by atoms with Gasteiger partial charge in [-0.05, 0) is 24.3 Å². The number of hydrogen-bond acceptors (Lipinski definition) is 4. The summed E-state index contributed by atoms with van der Waals surface area (Å²) in [5.41, 5.74) is 12.2. The second-order valence-electron chi connectivity index (χ2n) is 4.33. The Hall–Kier alpha value is -3.02. The van der Waals surface area contributed by atoms with Crippen molar-refractivity contribution in [1.82, 2.24) is 9.97 Å². The van der Waals surface area contributed by atoms with Crippen LogP contribution in [0.2, 0.25) is 0 Å². The van der Waals surface area contributed by atoms with Gasteiger partial charge < -0.3 is 11.5 Å². The third kappa shape index (κ3) is 3.97. The fourth-order valence-corrected chi connectivity index (χ4v) is 1.79. The van der Waals surface area contributed by atoms with Crippen LogP contribution in [0, 0.1) is 0 Å². The molecule has 1 aromatic carbocycles. The molecular formula is C15H14N4O2. The molecule has 1 aromatic heterocycles. The van der Waals surface area contributed by atoms with Gasteiger partial charge in [0.05, 0.1) is 22.9 Å². The number of nitrogens with zero attached hydrogens (tertiary/aromatic N) is 2. The molecule has 0 spiro atoms. The predicted molar refractivity (Wildman–Crippen MR) is 78.9 cm³/mol. The normalized spacial score (nSPS) is 11.7. The van der Waals surface area contributed by atoms with E-state index < -0.39 is 17.7 Å². The second-order valence-corrected chi connectivity index (χ2v) is 4.33. The molecule has 0 aliphatic rings. The fraction of sp³-hybridized carbons (Fsp3) is 0.0667. The van der Waals surface area contributed by atoms with E-state index >= 15 is 0 Å². The highest BCUT2D eigenvalue weighted by molar-refractivity contribution is 5.87. The Morgan fingerprint density at radius 2 is 1.57 bits per heavy atom. The first-order valence-corrected chi connectivity index (χ1v) is 6.23. The lowest BCUT2D eigenvalue weighted by Gasteiger charge is -2.07. The first-order chi connectivity index (χ1) is 10.1. The maximum atomic E-state index is 10.9. The minimum absolute atomic E-state index is 0.415. The zero-order chi connectivity index (χ0) is 15.2. The van der Waals surface area contributed by atoms with Crippen molar-refractivity contribution in [2.24, 2.45) is 11.5 Å². The van der Waals surface area contributed by atoms with Gasteiger partial charge in [0.25, 0.3) is 0 Å². The Kier molecular flexibility index (Phi) is 4.40. The lowest BCUT2D eigenvalue weighted by atomic mass is 10.0. The molecular weight excluding hydrogens is 268 g/mol. The number of nitrogens with two attached hydrogens (primary N) is 2. The molecule has 0 aliphatic heterocycles. The van der Waals surface area contributed by atoms with Gasteiger partial charge in [-0.25, -0.2) is 4.98 Å². The van der Waals surface area contributed by atoms with Gasteiger partial charge in [0.15, 0.2) is 0 Å². The van der Waals surface area contributed by atoms with Crippen molar-refractivity contribution >= 4 is 22.8 Å². The van der Waals surface area contributed by atoms with Crippen LogP contribution in [0.3, 0.4) is 0 Å². The van der Waals surface area contributed by atoms with Gasteiger partial charge in [0.1, 0.15) is 0 Å². The summed E-state index contributed by atoms with van der Waals surface area (Å²) in [7, 11) is 0. The molecule has 2 amide bonds. The molecule has 6 nitrogen and oxygen atoms in total. The number of aromatic nitrogens is 2. The summed E-state index contributed by atoms with van der Waals surface area (Å²) in [5, 5.41) is 0. The Morgan fingerprint density at radius 1 is 1.00 bits per heavy atom. The Balaban J connectivity index is 2.41. The van der Waals surface area contributed by atoms with E-state index in [0.29, 0.717) is 5.69 Å². The van der Waals surface area contributed by atoms with Gasteiger partial charge in [-0.15, -0.1) is 0 Å². The predicted octanol–water partition coefficient (Wildman–Crippen LogP) is 0.796. The van der Waals surface area contributed by atoms with Crippen LogP contribution in [-0.4, -0.2) is 21.8 Å². The van der Waals surface area contributed by atoms with Crippen molar-refractivity contribution in [3.8, 4) is 0 Å². The van der Waals surface area contributed by atoms with E-state index in [4.69, 9.17) is 11.5 Å². The van der Waals surface area contributed by atoms with Crippen LogP contribution in [0.15, 0.2) is 54.8 Å². The van der Waals surface area contributed by atoms with Crippen molar-refractivity contribution in [3.63, 3.8) is 0 Å². The number of carbonyl (C=O) groups excluding carboxylic acids is 2. The van der Waals surface area contributed by atoms with Gasteiger partial charge >= 0.3 is 0 Å². The van der Waals surface area contributed by atoms with Gasteiger partial charge in [0, 0.05) is 5.92 Å². The molecule has 1 heterocycles. The quantitative estimate of drug-likeness (QED) is 0.789. The van der Waals surface area contributed by atoms with E-state index in [0.717, 1.165) is 11.0 Å². The number of amides is 2. The average molecular weight is 282 g/mol. The number of allylic oxidation sites excluding steroid dienone is 2. The average Bonchev–Trinajstić information content (AvgIpc) is 2.46. The summed E-state index contributed by atoms with van der Waals surface area (Å²) in [6.07, 6.45) is 7.10. The molecule has 0 saturated heterocycles. The number of para-hydroxylation sites is 2.